The molecule has 0 radical (unpaired) electrons. The Morgan fingerprint density at radius 2 is 1.67 bits per heavy atom. The van der Waals surface area contributed by atoms with E-state index < -0.39 is 32.1 Å². The smallest absolute Gasteiger partial charge is 0.417 e. The lowest BCUT2D eigenvalue weighted by Gasteiger charge is -2.19. The van der Waals surface area contributed by atoms with E-state index in [4.69, 9.17) is 18.1 Å². The van der Waals surface area contributed by atoms with Crippen LogP contribution in [0, 0.1) is 27.6 Å². The molecular weight excluding hydrogens is 478 g/mol. The summed E-state index contributed by atoms with van der Waals surface area (Å²) in [4.78, 5) is 4.62. The molecule has 4 heteroatoms. The summed E-state index contributed by atoms with van der Waals surface area (Å²) in [6.07, 6.45) is 3.10. The number of aromatic nitrogens is 3. The summed E-state index contributed by atoms with van der Waals surface area (Å²) in [7, 11) is 0. The van der Waals surface area contributed by atoms with Gasteiger partial charge in [0.2, 0.25) is 17.1 Å². The maximum absolute atomic E-state index is 9.15. The lowest BCUT2D eigenvalue weighted by Crippen LogP contribution is -2.71. The van der Waals surface area contributed by atoms with E-state index in [1.807, 2.05) is 66.1 Å². The van der Waals surface area contributed by atoms with Crippen molar-refractivity contribution in [3.8, 4) is 22.5 Å². The van der Waals surface area contributed by atoms with Gasteiger partial charge in [0.1, 0.15) is 16.7 Å². The Balaban J connectivity index is 1.62. The highest BCUT2D eigenvalue weighted by atomic mass is 16.3. The third-order valence-electron chi connectivity index (χ3n) is 8.34. The van der Waals surface area contributed by atoms with E-state index in [9.17, 15) is 0 Å². The van der Waals surface area contributed by atoms with Crippen molar-refractivity contribution >= 4 is 22.1 Å². The van der Waals surface area contributed by atoms with E-state index in [2.05, 4.69) is 4.98 Å². The van der Waals surface area contributed by atoms with E-state index in [-0.39, 0.29) is 16.7 Å². The van der Waals surface area contributed by atoms with Crippen LogP contribution in [0.1, 0.15) is 72.5 Å². The highest BCUT2D eigenvalue weighted by Gasteiger charge is 2.67. The van der Waals surface area contributed by atoms with Crippen LogP contribution < -0.4 is 9.13 Å². The predicted molar refractivity (Wildman–Crippen MR) is 154 cm³/mol. The Morgan fingerprint density at radius 3 is 2.51 bits per heavy atom. The normalized spacial score (nSPS) is 23.1. The van der Waals surface area contributed by atoms with Crippen molar-refractivity contribution in [2.45, 2.75) is 52.9 Å². The molecule has 6 aromatic rings. The van der Waals surface area contributed by atoms with Gasteiger partial charge >= 0.3 is 5.66 Å². The van der Waals surface area contributed by atoms with Gasteiger partial charge in [0.05, 0.1) is 5.56 Å². The van der Waals surface area contributed by atoms with Gasteiger partial charge in [0, 0.05) is 53.4 Å². The molecule has 6 heterocycles. The molecule has 4 aromatic heterocycles. The fraction of sp³-hybridized carbons (Fsp3) is 0.229. The molecule has 2 aromatic carbocycles. The standard InChI is InChI=1S/C35H31N3O/c1-19(2)27-18-38-31(16-21(27)4)32-29(14-13-24-25-12-11-23(6)36-34(25)39-33(24)32)35(38)28-10-8-7-9-26(28)30-15-20(3)22(5)17-37(30)35/h7-19H,1-6H3/q+2/i1D3,4D3,5D3,19D. The summed E-state index contributed by atoms with van der Waals surface area (Å²) in [5, 5.41) is 1.52. The minimum Gasteiger partial charge on any atom is -0.437 e. The fourth-order valence-corrected chi connectivity index (χ4v) is 6.59. The number of furan rings is 1. The summed E-state index contributed by atoms with van der Waals surface area (Å²) in [6.45, 7) is -3.30. The van der Waals surface area contributed by atoms with Crippen LogP contribution in [-0.2, 0) is 5.66 Å². The van der Waals surface area contributed by atoms with Gasteiger partial charge < -0.3 is 4.42 Å². The lowest BCUT2D eigenvalue weighted by atomic mass is 9.89. The van der Waals surface area contributed by atoms with E-state index in [1.54, 1.807) is 17.7 Å². The first-order valence-corrected chi connectivity index (χ1v) is 12.9. The van der Waals surface area contributed by atoms with Crippen LogP contribution in [0.5, 0.6) is 0 Å². The molecule has 190 valence electrons. The van der Waals surface area contributed by atoms with Crippen LogP contribution >= 0.6 is 0 Å². The molecule has 0 saturated heterocycles. The molecule has 0 amide bonds. The molecule has 8 rings (SSSR count). The predicted octanol–water partition coefficient (Wildman–Crippen LogP) is 7.17. The Hall–Kier alpha value is -4.31. The molecule has 39 heavy (non-hydrogen) atoms. The van der Waals surface area contributed by atoms with Gasteiger partial charge in [-0.15, -0.1) is 9.13 Å². The average molecular weight is 520 g/mol. The maximum atomic E-state index is 9.15. The first-order valence-electron chi connectivity index (χ1n) is 17.9. The Kier molecular flexibility index (Phi) is 2.80. The van der Waals surface area contributed by atoms with Gasteiger partial charge in [-0.2, -0.15) is 0 Å². The molecule has 0 N–H and O–H groups in total. The molecule has 2 aliphatic heterocycles. The van der Waals surface area contributed by atoms with Gasteiger partial charge in [-0.1, -0.05) is 25.9 Å². The van der Waals surface area contributed by atoms with Gasteiger partial charge in [-0.05, 0) is 81.0 Å². The third-order valence-corrected chi connectivity index (χ3v) is 8.34. The van der Waals surface area contributed by atoms with Gasteiger partial charge in [-0.25, -0.2) is 4.98 Å². The van der Waals surface area contributed by atoms with Crippen molar-refractivity contribution in [2.75, 3.05) is 0 Å². The largest absolute Gasteiger partial charge is 0.437 e. The van der Waals surface area contributed by atoms with Crippen LogP contribution in [0.25, 0.3) is 44.6 Å². The summed E-state index contributed by atoms with van der Waals surface area (Å²) < 4.78 is 95.0. The SMILES string of the molecule is [2H]C([2H])([2H])c1c[n+]2c(cc1C)-c1ccccc1C21c2ccc3c(oc4nc(C)ccc43)c2-c2cc(C([2H])([2H])[2H])c(C([2H])(C)C([2H])([2H])[2H])c[n+]21. The number of pyridine rings is 3. The fourth-order valence-electron chi connectivity index (χ4n) is 6.59. The summed E-state index contributed by atoms with van der Waals surface area (Å²) in [5.74, 6) is -2.33. The Labute approximate surface area is 242 Å². The zero-order chi connectivity index (χ0) is 35.2. The summed E-state index contributed by atoms with van der Waals surface area (Å²) >= 11 is 0. The number of nitrogens with zero attached hydrogens (tertiary/aromatic N) is 3. The van der Waals surface area contributed by atoms with Crippen LogP contribution in [0.4, 0.5) is 0 Å². The third kappa shape index (κ3) is 2.66. The topological polar surface area (TPSA) is 33.8 Å². The van der Waals surface area contributed by atoms with Crippen molar-refractivity contribution in [2.24, 2.45) is 0 Å². The van der Waals surface area contributed by atoms with Gasteiger partial charge in [-0.3, -0.25) is 0 Å². The molecular formula is C35H31N3O+2. The Bertz CT molecular complexity index is 2420. The van der Waals surface area contributed by atoms with Crippen LogP contribution in [-0.4, -0.2) is 4.98 Å². The minimum atomic E-state index is -2.89. The van der Waals surface area contributed by atoms with Crippen molar-refractivity contribution < 1.29 is 27.3 Å². The van der Waals surface area contributed by atoms with Gasteiger partial charge in [0.15, 0.2) is 18.0 Å². The van der Waals surface area contributed by atoms with Crippen LogP contribution in [0.2, 0.25) is 0 Å². The summed E-state index contributed by atoms with van der Waals surface area (Å²) in [6, 6.07) is 18.6. The number of fused-ring (bicyclic) bond motifs is 14. The average Bonchev–Trinajstić information content (AvgIpc) is 3.61. The second kappa shape index (κ2) is 7.41. The molecule has 2 atom stereocenters. The highest BCUT2D eigenvalue weighted by Crippen LogP contribution is 2.50. The zero-order valence-electron chi connectivity index (χ0n) is 31.7. The lowest BCUT2D eigenvalue weighted by molar-refractivity contribution is -0.955. The highest BCUT2D eigenvalue weighted by molar-refractivity contribution is 6.09. The maximum Gasteiger partial charge on any atom is 0.417 e. The molecule has 0 fully saturated rings. The van der Waals surface area contributed by atoms with Crippen molar-refractivity contribution in [1.29, 1.82) is 0 Å². The second-order valence-electron chi connectivity index (χ2n) is 10.6. The first kappa shape index (κ1) is 14.7. The van der Waals surface area contributed by atoms with Crippen molar-refractivity contribution in [3.63, 3.8) is 0 Å². The molecule has 0 aliphatic carbocycles. The number of benzene rings is 2. The number of aryl methyl sites for hydroxylation is 4. The summed E-state index contributed by atoms with van der Waals surface area (Å²) in [5.41, 5.74) is 4.49. The molecule has 2 aliphatic rings. The molecule has 0 saturated carbocycles. The first-order chi connectivity index (χ1) is 22.8. The second-order valence-corrected chi connectivity index (χ2v) is 10.6. The van der Waals surface area contributed by atoms with E-state index in [0.717, 1.165) is 33.3 Å². The minimum absolute atomic E-state index is 0.135. The van der Waals surface area contributed by atoms with E-state index in [0.29, 0.717) is 33.7 Å². The number of hydrogen-bond donors (Lipinski definition) is 0. The van der Waals surface area contributed by atoms with E-state index in [1.165, 1.54) is 19.2 Å². The van der Waals surface area contributed by atoms with Crippen molar-refractivity contribution in [1.82, 2.24) is 4.98 Å². The van der Waals surface area contributed by atoms with Crippen molar-refractivity contribution in [3.05, 3.63) is 112 Å². The molecule has 0 bridgehead atoms. The van der Waals surface area contributed by atoms with Gasteiger partial charge in [0.25, 0.3) is 0 Å². The van der Waals surface area contributed by atoms with Crippen LogP contribution in [0.3, 0.4) is 0 Å². The quantitative estimate of drug-likeness (QED) is 0.215. The molecule has 1 spiro atoms. The zero-order valence-corrected chi connectivity index (χ0v) is 21.7. The van der Waals surface area contributed by atoms with E-state index >= 15 is 0 Å². The molecule has 2 unspecified atom stereocenters. The number of rotatable bonds is 1. The van der Waals surface area contributed by atoms with Crippen LogP contribution in [0.15, 0.2) is 77.5 Å². The monoisotopic (exact) mass is 519 g/mol. The number of hydrogen-bond acceptors (Lipinski definition) is 2. The molecule has 4 nitrogen and oxygen atoms in total. The Morgan fingerprint density at radius 1 is 0.872 bits per heavy atom.